The number of rotatable bonds is 6. The first-order valence-electron chi connectivity index (χ1n) is 7.77. The number of nitrogens with zero attached hydrogens (tertiary/aromatic N) is 3. The summed E-state index contributed by atoms with van der Waals surface area (Å²) in [7, 11) is -0.624. The third-order valence-electron chi connectivity index (χ3n) is 3.78. The molecule has 0 spiro atoms. The van der Waals surface area contributed by atoms with Gasteiger partial charge in [0.05, 0.1) is 12.2 Å². The normalized spacial score (nSPS) is 17.0. The van der Waals surface area contributed by atoms with Crippen molar-refractivity contribution in [3.63, 3.8) is 0 Å². The van der Waals surface area contributed by atoms with E-state index in [0.29, 0.717) is 26.2 Å². The number of carbonyl (C=O) groups excluding carboxylic acids is 1. The summed E-state index contributed by atoms with van der Waals surface area (Å²) in [4.78, 5) is 12.2. The molecule has 0 saturated carbocycles. The van der Waals surface area contributed by atoms with Gasteiger partial charge in [0.2, 0.25) is 5.03 Å². The Morgan fingerprint density at radius 3 is 2.57 bits per heavy atom. The van der Waals surface area contributed by atoms with Crippen LogP contribution in [-0.2, 0) is 21.8 Å². The van der Waals surface area contributed by atoms with E-state index in [1.807, 2.05) is 0 Å². The molecule has 1 saturated heterocycles. The quantitative estimate of drug-likeness (QED) is 0.752. The van der Waals surface area contributed by atoms with Gasteiger partial charge in [0.15, 0.2) is 0 Å². The minimum atomic E-state index is -3.76. The number of aryl methyl sites for hydroxylation is 1. The van der Waals surface area contributed by atoms with E-state index in [4.69, 9.17) is 4.74 Å². The first-order valence-corrected chi connectivity index (χ1v) is 9.21. The Morgan fingerprint density at radius 1 is 1.30 bits per heavy atom. The van der Waals surface area contributed by atoms with Gasteiger partial charge in [-0.3, -0.25) is 9.48 Å². The maximum absolute atomic E-state index is 12.9. The van der Waals surface area contributed by atoms with E-state index in [1.165, 1.54) is 22.3 Å². The Hall–Kier alpha value is -1.45. The van der Waals surface area contributed by atoms with Gasteiger partial charge in [-0.25, -0.2) is 8.42 Å². The summed E-state index contributed by atoms with van der Waals surface area (Å²) in [6.07, 6.45) is 5.16. The molecule has 1 aliphatic heterocycles. The molecule has 2 heterocycles. The van der Waals surface area contributed by atoms with Gasteiger partial charge in [-0.2, -0.15) is 9.40 Å². The Bertz CT molecular complexity index is 633. The highest BCUT2D eigenvalue weighted by molar-refractivity contribution is 7.89. The van der Waals surface area contributed by atoms with Gasteiger partial charge in [0.1, 0.15) is 0 Å². The minimum absolute atomic E-state index is 0.0767. The van der Waals surface area contributed by atoms with Crippen molar-refractivity contribution < 1.29 is 17.9 Å². The lowest BCUT2D eigenvalue weighted by atomic mass is 10.2. The summed E-state index contributed by atoms with van der Waals surface area (Å²) in [5, 5.41) is 6.50. The number of aromatic nitrogens is 2. The van der Waals surface area contributed by atoms with Gasteiger partial charge in [-0.15, -0.1) is 0 Å². The van der Waals surface area contributed by atoms with Gasteiger partial charge in [-0.05, 0) is 12.8 Å². The molecule has 2 rings (SSSR count). The lowest BCUT2D eigenvalue weighted by Crippen LogP contribution is -2.34. The van der Waals surface area contributed by atoms with E-state index in [0.717, 1.165) is 25.7 Å². The fourth-order valence-electron chi connectivity index (χ4n) is 2.58. The van der Waals surface area contributed by atoms with E-state index in [2.05, 4.69) is 10.4 Å². The summed E-state index contributed by atoms with van der Waals surface area (Å²) in [5.41, 5.74) is 0.0767. The predicted molar refractivity (Wildman–Crippen MR) is 84.6 cm³/mol. The van der Waals surface area contributed by atoms with Crippen LogP contribution in [0.25, 0.3) is 0 Å². The van der Waals surface area contributed by atoms with Crippen LogP contribution >= 0.6 is 0 Å². The molecule has 0 aliphatic carbocycles. The molecule has 23 heavy (non-hydrogen) atoms. The fourth-order valence-corrected chi connectivity index (χ4v) is 4.22. The van der Waals surface area contributed by atoms with Crippen molar-refractivity contribution in [1.29, 1.82) is 0 Å². The van der Waals surface area contributed by atoms with Crippen LogP contribution in [0, 0.1) is 0 Å². The highest BCUT2D eigenvalue weighted by Crippen LogP contribution is 2.22. The number of methoxy groups -OCH3 is 1. The van der Waals surface area contributed by atoms with Crippen LogP contribution < -0.4 is 5.32 Å². The molecule has 1 aromatic rings. The van der Waals surface area contributed by atoms with Crippen LogP contribution in [0.5, 0.6) is 0 Å². The monoisotopic (exact) mass is 344 g/mol. The molecule has 1 aromatic heterocycles. The number of carbonyl (C=O) groups is 1. The van der Waals surface area contributed by atoms with Gasteiger partial charge >= 0.3 is 0 Å². The number of hydrogen-bond donors (Lipinski definition) is 1. The number of ether oxygens (including phenoxy) is 1. The molecule has 8 nitrogen and oxygen atoms in total. The van der Waals surface area contributed by atoms with Crippen LogP contribution in [0.2, 0.25) is 0 Å². The second kappa shape index (κ2) is 7.89. The second-order valence-corrected chi connectivity index (χ2v) is 7.44. The maximum Gasteiger partial charge on any atom is 0.263 e. The third kappa shape index (κ3) is 4.30. The molecule has 1 aliphatic rings. The average molecular weight is 344 g/mol. The SMILES string of the molecule is COCCNC(=O)c1cn(C)nc1S(=O)(=O)N1CCCCCC1. The molecule has 9 heteroatoms. The van der Waals surface area contributed by atoms with Gasteiger partial charge in [0, 0.05) is 40.0 Å². The standard InChI is InChI=1S/C14H24N4O4S/c1-17-11-12(13(19)15-7-10-22-2)14(16-17)23(20,21)18-8-5-3-4-6-9-18/h11H,3-10H2,1-2H3,(H,15,19). The summed E-state index contributed by atoms with van der Waals surface area (Å²) < 4.78 is 33.4. The van der Waals surface area contributed by atoms with Gasteiger partial charge in [-0.1, -0.05) is 12.8 Å². The Kier molecular flexibility index (Phi) is 6.14. The lowest BCUT2D eigenvalue weighted by Gasteiger charge is -2.19. The molecule has 0 radical (unpaired) electrons. The highest BCUT2D eigenvalue weighted by atomic mass is 32.2. The van der Waals surface area contributed by atoms with Crippen LogP contribution in [0.3, 0.4) is 0 Å². The van der Waals surface area contributed by atoms with E-state index in [9.17, 15) is 13.2 Å². The van der Waals surface area contributed by atoms with Gasteiger partial charge in [0.25, 0.3) is 15.9 Å². The molecule has 1 N–H and O–H groups in total. The highest BCUT2D eigenvalue weighted by Gasteiger charge is 2.32. The van der Waals surface area contributed by atoms with Crippen LogP contribution in [0.4, 0.5) is 0 Å². The zero-order valence-electron chi connectivity index (χ0n) is 13.6. The van der Waals surface area contributed by atoms with Crippen LogP contribution in [0.15, 0.2) is 11.2 Å². The predicted octanol–water partition coefficient (Wildman–Crippen LogP) is 0.361. The first-order chi connectivity index (χ1) is 11.0. The summed E-state index contributed by atoms with van der Waals surface area (Å²) >= 11 is 0. The van der Waals surface area contributed by atoms with Crippen molar-refractivity contribution in [1.82, 2.24) is 19.4 Å². The smallest absolute Gasteiger partial charge is 0.263 e. The molecular weight excluding hydrogens is 320 g/mol. The fraction of sp³-hybridized carbons (Fsp3) is 0.714. The Labute approximate surface area is 136 Å². The van der Waals surface area contributed by atoms with Crippen molar-refractivity contribution in [2.75, 3.05) is 33.4 Å². The first kappa shape index (κ1) is 17.9. The van der Waals surface area contributed by atoms with Crippen molar-refractivity contribution in [3.8, 4) is 0 Å². The summed E-state index contributed by atoms with van der Waals surface area (Å²) in [5.74, 6) is -0.455. The molecule has 130 valence electrons. The number of hydrogen-bond acceptors (Lipinski definition) is 5. The minimum Gasteiger partial charge on any atom is -0.383 e. The maximum atomic E-state index is 12.9. The van der Waals surface area contributed by atoms with Crippen LogP contribution in [0.1, 0.15) is 36.0 Å². The average Bonchev–Trinajstić information content (AvgIpc) is 2.74. The number of amides is 1. The zero-order chi connectivity index (χ0) is 16.9. The molecule has 0 bridgehead atoms. The van der Waals surface area contributed by atoms with Crippen LogP contribution in [-0.4, -0.2) is 61.8 Å². The van der Waals surface area contributed by atoms with Crippen molar-refractivity contribution in [3.05, 3.63) is 11.8 Å². The largest absolute Gasteiger partial charge is 0.383 e. The molecule has 0 atom stereocenters. The third-order valence-corrected chi connectivity index (χ3v) is 5.62. The van der Waals surface area contributed by atoms with E-state index < -0.39 is 15.9 Å². The zero-order valence-corrected chi connectivity index (χ0v) is 14.4. The number of sulfonamides is 1. The second-order valence-electron chi connectivity index (χ2n) is 5.59. The molecule has 0 aromatic carbocycles. The Morgan fingerprint density at radius 2 is 1.96 bits per heavy atom. The summed E-state index contributed by atoms with van der Waals surface area (Å²) in [6.45, 7) is 1.63. The molecule has 1 amide bonds. The molecule has 0 unspecified atom stereocenters. The van der Waals surface area contributed by atoms with Crippen molar-refractivity contribution >= 4 is 15.9 Å². The lowest BCUT2D eigenvalue weighted by molar-refractivity contribution is 0.0933. The van der Waals surface area contributed by atoms with Gasteiger partial charge < -0.3 is 10.1 Å². The topological polar surface area (TPSA) is 93.5 Å². The van der Waals surface area contributed by atoms with Crippen molar-refractivity contribution in [2.45, 2.75) is 30.7 Å². The Balaban J connectivity index is 2.25. The van der Waals surface area contributed by atoms with E-state index in [1.54, 1.807) is 7.05 Å². The van der Waals surface area contributed by atoms with E-state index >= 15 is 0 Å². The molecular formula is C14H24N4O4S. The molecule has 1 fully saturated rings. The number of nitrogens with one attached hydrogen (secondary N) is 1. The summed E-state index contributed by atoms with van der Waals surface area (Å²) in [6, 6.07) is 0. The van der Waals surface area contributed by atoms with E-state index in [-0.39, 0.29) is 10.6 Å². The van der Waals surface area contributed by atoms with Crippen molar-refractivity contribution in [2.24, 2.45) is 7.05 Å².